The third-order valence-electron chi connectivity index (χ3n) is 2.75. The Balaban J connectivity index is 0.000000239. The number of rotatable bonds is 3. The van der Waals surface area contributed by atoms with E-state index in [0.717, 1.165) is 0 Å². The van der Waals surface area contributed by atoms with Crippen LogP contribution in [0.1, 0.15) is 19.4 Å². The molecule has 0 saturated carbocycles. The predicted molar refractivity (Wildman–Crippen MR) is 88.7 cm³/mol. The van der Waals surface area contributed by atoms with Crippen LogP contribution >= 0.6 is 0 Å². The van der Waals surface area contributed by atoms with Crippen LogP contribution in [0.4, 0.5) is 0 Å². The molecule has 0 fully saturated rings. The Labute approximate surface area is 133 Å². The van der Waals surface area contributed by atoms with Crippen molar-refractivity contribution in [3.8, 4) is 11.1 Å². The minimum atomic E-state index is -1.38. The van der Waals surface area contributed by atoms with E-state index in [-0.39, 0.29) is 0 Å². The summed E-state index contributed by atoms with van der Waals surface area (Å²) in [5.74, 6) is -0.800. The summed E-state index contributed by atoms with van der Waals surface area (Å²) in [5, 5.41) is 0. The maximum absolute atomic E-state index is 10.0. The highest BCUT2D eigenvalue weighted by molar-refractivity contribution is 6.25. The Morgan fingerprint density at radius 3 is 1.82 bits per heavy atom. The zero-order valence-corrected chi connectivity index (χ0v) is 14.5. The quantitative estimate of drug-likeness (QED) is 0.817. The molecule has 0 amide bonds. The Morgan fingerprint density at radius 1 is 0.818 bits per heavy atom. The molecule has 0 bridgehead atoms. The monoisotopic (exact) mass is 316 g/mol. The minimum absolute atomic E-state index is 0.400. The first-order valence-corrected chi connectivity index (χ1v) is 8.04. The molecule has 0 heterocycles. The van der Waals surface area contributed by atoms with E-state index in [4.69, 9.17) is 0 Å². The molecule has 22 heavy (non-hydrogen) atoms. The van der Waals surface area contributed by atoms with Crippen molar-refractivity contribution in [2.45, 2.75) is 20.8 Å². The smallest absolute Gasteiger partial charge is 0.431 e. The summed E-state index contributed by atoms with van der Waals surface area (Å²) in [6.07, 6.45) is 0. The molecule has 0 aliphatic rings. The Kier molecular flexibility index (Phi) is 7.64. The predicted octanol–water partition coefficient (Wildman–Crippen LogP) is 2.77. The normalized spacial score (nSPS) is 9.23. The van der Waals surface area contributed by atoms with Crippen molar-refractivity contribution in [2.24, 2.45) is 0 Å². The Hall–Kier alpha value is -2.40. The molecule has 2 aromatic rings. The first-order valence-electron chi connectivity index (χ1n) is 6.88. The van der Waals surface area contributed by atoms with Gasteiger partial charge in [0.05, 0.1) is 0 Å². The van der Waals surface area contributed by atoms with Gasteiger partial charge in [-0.25, -0.2) is 0 Å². The molecule has 5 heteroatoms. The SMILES string of the molecule is CC(=O)O[SiH2]OC(C)=O.Cc1ccccc1-c1ccccc1. The van der Waals surface area contributed by atoms with Crippen LogP contribution in [0.25, 0.3) is 11.1 Å². The van der Waals surface area contributed by atoms with Crippen molar-refractivity contribution in [1.29, 1.82) is 0 Å². The first kappa shape index (κ1) is 17.6. The third-order valence-corrected chi connectivity index (χ3v) is 3.80. The van der Waals surface area contributed by atoms with Gasteiger partial charge in [-0.1, -0.05) is 54.6 Å². The van der Waals surface area contributed by atoms with E-state index < -0.39 is 21.9 Å². The summed E-state index contributed by atoms with van der Waals surface area (Å²) >= 11 is 0. The van der Waals surface area contributed by atoms with Crippen molar-refractivity contribution >= 4 is 21.9 Å². The molecule has 0 aromatic heterocycles. The van der Waals surface area contributed by atoms with Crippen molar-refractivity contribution in [3.05, 3.63) is 60.2 Å². The summed E-state index contributed by atoms with van der Waals surface area (Å²) in [4.78, 5) is 20.1. The van der Waals surface area contributed by atoms with Gasteiger partial charge in [0.1, 0.15) is 0 Å². The lowest BCUT2D eigenvalue weighted by atomic mass is 10.0. The maximum Gasteiger partial charge on any atom is 0.431 e. The van der Waals surface area contributed by atoms with E-state index in [1.54, 1.807) is 0 Å². The van der Waals surface area contributed by atoms with Gasteiger partial charge >= 0.3 is 10.0 Å². The average Bonchev–Trinajstić information content (AvgIpc) is 2.48. The van der Waals surface area contributed by atoms with E-state index in [0.29, 0.717) is 0 Å². The lowest BCUT2D eigenvalue weighted by Crippen LogP contribution is -2.11. The number of carbonyl (C=O) groups is 2. The van der Waals surface area contributed by atoms with E-state index in [2.05, 4.69) is 64.3 Å². The van der Waals surface area contributed by atoms with E-state index in [9.17, 15) is 9.59 Å². The van der Waals surface area contributed by atoms with Crippen molar-refractivity contribution in [3.63, 3.8) is 0 Å². The van der Waals surface area contributed by atoms with Gasteiger partial charge in [-0.05, 0) is 23.6 Å². The highest BCUT2D eigenvalue weighted by Crippen LogP contribution is 2.21. The topological polar surface area (TPSA) is 52.6 Å². The van der Waals surface area contributed by atoms with Gasteiger partial charge in [-0.15, -0.1) is 0 Å². The fourth-order valence-corrected chi connectivity index (χ4v) is 2.10. The number of benzene rings is 2. The van der Waals surface area contributed by atoms with Crippen LogP contribution < -0.4 is 0 Å². The molecule has 0 atom stereocenters. The summed E-state index contributed by atoms with van der Waals surface area (Å²) in [6, 6.07) is 18.9. The molecule has 4 nitrogen and oxygen atoms in total. The van der Waals surface area contributed by atoms with E-state index in [1.807, 2.05) is 6.07 Å². The van der Waals surface area contributed by atoms with Crippen molar-refractivity contribution < 1.29 is 18.4 Å². The summed E-state index contributed by atoms with van der Waals surface area (Å²) < 4.78 is 8.82. The molecule has 2 rings (SSSR count). The molecule has 0 aliphatic carbocycles. The van der Waals surface area contributed by atoms with Crippen LogP contribution in [0.15, 0.2) is 54.6 Å². The number of aryl methyl sites for hydroxylation is 1. The van der Waals surface area contributed by atoms with Crippen LogP contribution in [-0.4, -0.2) is 21.9 Å². The lowest BCUT2D eigenvalue weighted by Gasteiger charge is -2.04. The lowest BCUT2D eigenvalue weighted by molar-refractivity contribution is -0.136. The molecular weight excluding hydrogens is 296 g/mol. The Morgan fingerprint density at radius 2 is 1.32 bits per heavy atom. The molecular formula is C17H20O4Si. The maximum atomic E-state index is 10.0. The van der Waals surface area contributed by atoms with Crippen LogP contribution in [0.5, 0.6) is 0 Å². The molecule has 116 valence electrons. The van der Waals surface area contributed by atoms with Gasteiger partial charge in [-0.2, -0.15) is 0 Å². The highest BCUT2D eigenvalue weighted by Gasteiger charge is 1.98. The Bertz CT molecular complexity index is 597. The average molecular weight is 316 g/mol. The third kappa shape index (κ3) is 6.85. The number of hydrogen-bond acceptors (Lipinski definition) is 4. The van der Waals surface area contributed by atoms with Gasteiger partial charge in [0, 0.05) is 13.8 Å². The molecule has 0 N–H and O–H groups in total. The summed E-state index contributed by atoms with van der Waals surface area (Å²) in [7, 11) is -1.38. The summed E-state index contributed by atoms with van der Waals surface area (Å²) in [6.45, 7) is 4.69. The molecule has 0 radical (unpaired) electrons. The number of hydrogen-bond donors (Lipinski definition) is 0. The van der Waals surface area contributed by atoms with Gasteiger partial charge in [-0.3, -0.25) is 9.59 Å². The summed E-state index contributed by atoms with van der Waals surface area (Å²) in [5.41, 5.74) is 3.94. The standard InChI is InChI=1S/C13H12.C4H8O4Si/c1-11-7-5-6-10-13(11)12-8-3-2-4-9-12;1-3(5)7-9-8-4(2)6/h2-10H,1H3;9H2,1-2H3. The van der Waals surface area contributed by atoms with E-state index >= 15 is 0 Å². The van der Waals surface area contributed by atoms with Crippen molar-refractivity contribution in [1.82, 2.24) is 0 Å². The largest absolute Gasteiger partial charge is 0.490 e. The van der Waals surface area contributed by atoms with Gasteiger partial charge in [0.2, 0.25) is 0 Å². The number of carbonyl (C=O) groups excluding carboxylic acids is 2. The molecule has 2 aromatic carbocycles. The second-order valence-corrected chi connectivity index (χ2v) is 5.38. The zero-order valence-electron chi connectivity index (χ0n) is 13.0. The van der Waals surface area contributed by atoms with Crippen molar-refractivity contribution in [2.75, 3.05) is 0 Å². The van der Waals surface area contributed by atoms with Crippen LogP contribution in [0.3, 0.4) is 0 Å². The first-order chi connectivity index (χ1) is 10.5. The van der Waals surface area contributed by atoms with Crippen LogP contribution in [0.2, 0.25) is 0 Å². The molecule has 0 saturated heterocycles. The fourth-order valence-electron chi connectivity index (χ4n) is 1.71. The second kappa shape index (κ2) is 9.52. The van der Waals surface area contributed by atoms with Crippen LogP contribution in [0, 0.1) is 6.92 Å². The van der Waals surface area contributed by atoms with Gasteiger partial charge in [0.15, 0.2) is 0 Å². The highest BCUT2D eigenvalue weighted by atomic mass is 28.3. The minimum Gasteiger partial charge on any atom is -0.490 e. The second-order valence-electron chi connectivity index (χ2n) is 4.57. The van der Waals surface area contributed by atoms with E-state index in [1.165, 1.54) is 30.5 Å². The molecule has 0 spiro atoms. The fraction of sp³-hybridized carbons (Fsp3) is 0.176. The zero-order chi connectivity index (χ0) is 16.4. The van der Waals surface area contributed by atoms with Gasteiger partial charge < -0.3 is 8.85 Å². The molecule has 0 aliphatic heterocycles. The molecule has 0 unspecified atom stereocenters. The van der Waals surface area contributed by atoms with Gasteiger partial charge in [0.25, 0.3) is 11.9 Å². The van der Waals surface area contributed by atoms with Crippen LogP contribution in [-0.2, 0) is 18.4 Å².